The van der Waals surface area contributed by atoms with Crippen LogP contribution < -0.4 is 20.7 Å². The van der Waals surface area contributed by atoms with Gasteiger partial charge in [0.15, 0.2) is 5.96 Å². The third-order valence-electron chi connectivity index (χ3n) is 5.35. The number of aliphatic imine (C=N–C) groups is 1. The molecule has 1 heterocycles. The van der Waals surface area contributed by atoms with Gasteiger partial charge in [0.05, 0.1) is 13.7 Å². The second kappa shape index (κ2) is 10.3. The molecule has 0 spiro atoms. The van der Waals surface area contributed by atoms with Gasteiger partial charge in [-0.15, -0.1) is 0 Å². The van der Waals surface area contributed by atoms with Crippen LogP contribution >= 0.6 is 0 Å². The number of nitrogens with one attached hydrogen (secondary N) is 3. The van der Waals surface area contributed by atoms with E-state index in [1.54, 1.807) is 21.2 Å². The Morgan fingerprint density at radius 1 is 1.32 bits per heavy atom. The summed E-state index contributed by atoms with van der Waals surface area (Å²) in [5, 5.41) is 9.68. The van der Waals surface area contributed by atoms with Crippen molar-refractivity contribution in [3.8, 4) is 5.75 Å². The molecule has 0 unspecified atom stereocenters. The molecule has 1 saturated heterocycles. The lowest BCUT2D eigenvalue weighted by atomic mass is 9.84. The summed E-state index contributed by atoms with van der Waals surface area (Å²) in [6.07, 6.45) is 1.99. The average Bonchev–Trinajstić information content (AvgIpc) is 2.72. The normalized spacial score (nSPS) is 16.5. The zero-order chi connectivity index (χ0) is 20.6. The van der Waals surface area contributed by atoms with Crippen LogP contribution in [0.2, 0.25) is 0 Å². The molecule has 1 amide bonds. The fourth-order valence-corrected chi connectivity index (χ4v) is 3.36. The highest BCUT2D eigenvalue weighted by Crippen LogP contribution is 2.25. The van der Waals surface area contributed by atoms with Gasteiger partial charge in [-0.2, -0.15) is 0 Å². The van der Waals surface area contributed by atoms with E-state index in [2.05, 4.69) is 51.8 Å². The minimum absolute atomic E-state index is 0.0664. The van der Waals surface area contributed by atoms with E-state index in [-0.39, 0.29) is 11.3 Å². The van der Waals surface area contributed by atoms with Gasteiger partial charge in [0.2, 0.25) is 5.91 Å². The molecule has 1 aliphatic heterocycles. The number of hydrogen-bond donors (Lipinski definition) is 3. The molecule has 0 aromatic heterocycles. The molecule has 28 heavy (non-hydrogen) atoms. The van der Waals surface area contributed by atoms with Gasteiger partial charge in [0.25, 0.3) is 0 Å². The average molecular weight is 390 g/mol. The van der Waals surface area contributed by atoms with Gasteiger partial charge in [-0.1, -0.05) is 26.0 Å². The van der Waals surface area contributed by atoms with Crippen LogP contribution in [0.25, 0.3) is 0 Å². The van der Waals surface area contributed by atoms with Crippen molar-refractivity contribution < 1.29 is 9.53 Å². The SMILES string of the molecule is CN=C(NCC(C)(C)c1cccc(OC)c1)NC1CCN(CC(=O)NC)CC1. The standard InChI is InChI=1S/C21H35N5O2/c1-21(2,16-7-6-8-18(13-16)28-5)15-24-20(23-4)25-17-9-11-26(12-10-17)14-19(27)22-3/h6-8,13,17H,9-12,14-15H2,1-5H3,(H,22,27)(H2,23,24,25). The lowest BCUT2D eigenvalue weighted by Crippen LogP contribution is -2.51. The van der Waals surface area contributed by atoms with Gasteiger partial charge in [-0.3, -0.25) is 14.7 Å². The summed E-state index contributed by atoms with van der Waals surface area (Å²) in [5.74, 6) is 1.76. The van der Waals surface area contributed by atoms with Crippen molar-refractivity contribution in [2.75, 3.05) is 47.4 Å². The number of likely N-dealkylation sites (tertiary alicyclic amines) is 1. The fraction of sp³-hybridized carbons (Fsp3) is 0.619. The summed E-state index contributed by atoms with van der Waals surface area (Å²) in [5.41, 5.74) is 1.15. The van der Waals surface area contributed by atoms with Gasteiger partial charge in [-0.25, -0.2) is 0 Å². The van der Waals surface area contributed by atoms with Crippen molar-refractivity contribution in [2.24, 2.45) is 4.99 Å². The highest BCUT2D eigenvalue weighted by atomic mass is 16.5. The third-order valence-corrected chi connectivity index (χ3v) is 5.35. The number of likely N-dealkylation sites (N-methyl/N-ethyl adjacent to an activating group) is 1. The van der Waals surface area contributed by atoms with E-state index >= 15 is 0 Å². The number of nitrogens with zero attached hydrogens (tertiary/aromatic N) is 2. The number of methoxy groups -OCH3 is 1. The van der Waals surface area contributed by atoms with E-state index in [1.807, 2.05) is 12.1 Å². The lowest BCUT2D eigenvalue weighted by Gasteiger charge is -2.33. The van der Waals surface area contributed by atoms with Crippen molar-refractivity contribution in [1.29, 1.82) is 0 Å². The topological polar surface area (TPSA) is 78.0 Å². The number of ether oxygens (including phenoxy) is 1. The van der Waals surface area contributed by atoms with Crippen molar-refractivity contribution >= 4 is 11.9 Å². The molecule has 156 valence electrons. The van der Waals surface area contributed by atoms with Crippen LogP contribution in [-0.4, -0.2) is 70.2 Å². The van der Waals surface area contributed by atoms with Crippen LogP contribution in [0.1, 0.15) is 32.3 Å². The maximum atomic E-state index is 11.5. The number of benzene rings is 1. The molecule has 1 aromatic rings. The third kappa shape index (κ3) is 6.41. The maximum Gasteiger partial charge on any atom is 0.233 e. The summed E-state index contributed by atoms with van der Waals surface area (Å²) in [6, 6.07) is 8.56. The van der Waals surface area contributed by atoms with Gasteiger partial charge in [0, 0.05) is 45.2 Å². The van der Waals surface area contributed by atoms with E-state index in [1.165, 1.54) is 5.56 Å². The number of hydrogen-bond acceptors (Lipinski definition) is 4. The molecule has 0 saturated carbocycles. The molecule has 1 aromatic carbocycles. The van der Waals surface area contributed by atoms with Gasteiger partial charge in [0.1, 0.15) is 5.75 Å². The molecule has 1 aliphatic rings. The molecule has 2 rings (SSSR count). The molecular formula is C21H35N5O2. The predicted molar refractivity (Wildman–Crippen MR) is 114 cm³/mol. The minimum atomic E-state index is -0.0664. The quantitative estimate of drug-likeness (QED) is 0.485. The zero-order valence-corrected chi connectivity index (χ0v) is 17.8. The van der Waals surface area contributed by atoms with Crippen molar-refractivity contribution in [1.82, 2.24) is 20.9 Å². The Balaban J connectivity index is 1.83. The van der Waals surface area contributed by atoms with E-state index in [9.17, 15) is 4.79 Å². The summed E-state index contributed by atoms with van der Waals surface area (Å²) >= 11 is 0. The first-order valence-corrected chi connectivity index (χ1v) is 9.92. The van der Waals surface area contributed by atoms with Crippen LogP contribution in [0.4, 0.5) is 0 Å². The molecule has 1 fully saturated rings. The molecule has 3 N–H and O–H groups in total. The minimum Gasteiger partial charge on any atom is -0.497 e. The van der Waals surface area contributed by atoms with Crippen LogP contribution in [0.15, 0.2) is 29.3 Å². The number of carbonyl (C=O) groups is 1. The number of piperidine rings is 1. The molecule has 0 radical (unpaired) electrons. The molecule has 7 heteroatoms. The molecule has 0 bridgehead atoms. The monoisotopic (exact) mass is 389 g/mol. The van der Waals surface area contributed by atoms with Crippen molar-refractivity contribution in [2.45, 2.75) is 38.1 Å². The lowest BCUT2D eigenvalue weighted by molar-refractivity contribution is -0.122. The van der Waals surface area contributed by atoms with Crippen LogP contribution in [0.3, 0.4) is 0 Å². The second-order valence-electron chi connectivity index (χ2n) is 7.91. The van der Waals surface area contributed by atoms with Crippen molar-refractivity contribution in [3.05, 3.63) is 29.8 Å². The summed E-state index contributed by atoms with van der Waals surface area (Å²) < 4.78 is 5.35. The van der Waals surface area contributed by atoms with Crippen LogP contribution in [-0.2, 0) is 10.2 Å². The van der Waals surface area contributed by atoms with Crippen molar-refractivity contribution in [3.63, 3.8) is 0 Å². The Morgan fingerprint density at radius 3 is 2.64 bits per heavy atom. The smallest absolute Gasteiger partial charge is 0.233 e. The first-order chi connectivity index (χ1) is 13.4. The zero-order valence-electron chi connectivity index (χ0n) is 17.8. The number of carbonyl (C=O) groups excluding carboxylic acids is 1. The number of guanidine groups is 1. The second-order valence-corrected chi connectivity index (χ2v) is 7.91. The fourth-order valence-electron chi connectivity index (χ4n) is 3.36. The molecule has 0 atom stereocenters. The van der Waals surface area contributed by atoms with Crippen LogP contribution in [0.5, 0.6) is 5.75 Å². The number of amides is 1. The highest BCUT2D eigenvalue weighted by Gasteiger charge is 2.24. The Bertz CT molecular complexity index is 667. The van der Waals surface area contributed by atoms with Gasteiger partial charge in [-0.05, 0) is 30.5 Å². The Labute approximate surface area is 168 Å². The molecule has 7 nitrogen and oxygen atoms in total. The van der Waals surface area contributed by atoms with E-state index < -0.39 is 0 Å². The molecular weight excluding hydrogens is 354 g/mol. The molecule has 0 aliphatic carbocycles. The van der Waals surface area contributed by atoms with E-state index in [4.69, 9.17) is 4.74 Å². The number of rotatable bonds is 7. The largest absolute Gasteiger partial charge is 0.497 e. The predicted octanol–water partition coefficient (Wildman–Crippen LogP) is 1.35. The first-order valence-electron chi connectivity index (χ1n) is 9.92. The summed E-state index contributed by atoms with van der Waals surface area (Å²) in [6.45, 7) is 7.48. The Kier molecular flexibility index (Phi) is 8.11. The van der Waals surface area contributed by atoms with Crippen LogP contribution in [0, 0.1) is 0 Å². The summed E-state index contributed by atoms with van der Waals surface area (Å²) in [4.78, 5) is 18.1. The van der Waals surface area contributed by atoms with Gasteiger partial charge >= 0.3 is 0 Å². The van der Waals surface area contributed by atoms with Gasteiger partial charge < -0.3 is 20.7 Å². The maximum absolute atomic E-state index is 11.5. The van der Waals surface area contributed by atoms with E-state index in [0.717, 1.165) is 44.2 Å². The Morgan fingerprint density at radius 2 is 2.04 bits per heavy atom. The Hall–Kier alpha value is -2.28. The summed E-state index contributed by atoms with van der Waals surface area (Å²) in [7, 11) is 5.17. The first kappa shape index (κ1) is 22.0. The van der Waals surface area contributed by atoms with E-state index in [0.29, 0.717) is 12.6 Å². The highest BCUT2D eigenvalue weighted by molar-refractivity contribution is 5.80.